The number of aliphatic hydroxyl groups is 1. The van der Waals surface area contributed by atoms with E-state index in [2.05, 4.69) is 4.98 Å². The van der Waals surface area contributed by atoms with Crippen LogP contribution < -0.4 is 0 Å². The monoisotopic (exact) mass is 753 g/mol. The van der Waals surface area contributed by atoms with Crippen molar-refractivity contribution in [1.82, 2.24) is 4.98 Å². The number of aromatic nitrogens is 1. The molecule has 1 aliphatic heterocycles. The predicted molar refractivity (Wildman–Crippen MR) is 185 cm³/mol. The van der Waals surface area contributed by atoms with Gasteiger partial charge in [-0.1, -0.05) is 32.0 Å². The molecule has 5 rings (SSSR count). The Balaban J connectivity index is 1.91. The predicted octanol–water partition coefficient (Wildman–Crippen LogP) is 3.54. The molecule has 2 aliphatic carbocycles. The maximum Gasteiger partial charge on any atom is 0.340 e. The fraction of sp³-hybridized carbons (Fsp3) is 0.564. The van der Waals surface area contributed by atoms with Crippen LogP contribution in [0.3, 0.4) is 0 Å². The second-order valence-electron chi connectivity index (χ2n) is 14.9. The van der Waals surface area contributed by atoms with Crippen LogP contribution in [0.15, 0.2) is 54.9 Å². The Bertz CT molecular complexity index is 1760. The first-order valence-electron chi connectivity index (χ1n) is 17.8. The molecular weight excluding hydrogens is 706 g/mol. The Kier molecular flexibility index (Phi) is 11.3. The van der Waals surface area contributed by atoms with E-state index in [4.69, 9.17) is 33.2 Å². The lowest BCUT2D eigenvalue weighted by atomic mass is 9.45. The first kappa shape index (κ1) is 40.3. The first-order chi connectivity index (χ1) is 25.3. The largest absolute Gasteiger partial charge is 0.464 e. The quantitative estimate of drug-likeness (QED) is 0.258. The molecule has 1 unspecified atom stereocenters. The van der Waals surface area contributed by atoms with Crippen molar-refractivity contribution in [3.63, 3.8) is 0 Å². The number of benzene rings is 1. The van der Waals surface area contributed by atoms with Gasteiger partial charge in [0.25, 0.3) is 0 Å². The van der Waals surface area contributed by atoms with Crippen molar-refractivity contribution >= 4 is 35.8 Å². The number of carbonyl (C=O) groups excluding carboxylic acids is 6. The summed E-state index contributed by atoms with van der Waals surface area (Å²) in [4.78, 5) is 84.9. The molecule has 1 aromatic heterocycles. The Morgan fingerprint density at radius 1 is 0.815 bits per heavy atom. The summed E-state index contributed by atoms with van der Waals surface area (Å²) in [6.45, 7) is 10.5. The molecule has 15 nitrogen and oxygen atoms in total. The highest BCUT2D eigenvalue weighted by Crippen LogP contribution is 2.69. The van der Waals surface area contributed by atoms with Gasteiger partial charge in [-0.2, -0.15) is 0 Å². The van der Waals surface area contributed by atoms with Crippen LogP contribution in [0.2, 0.25) is 0 Å². The van der Waals surface area contributed by atoms with Crippen molar-refractivity contribution in [2.45, 2.75) is 116 Å². The molecule has 0 radical (unpaired) electrons. The summed E-state index contributed by atoms with van der Waals surface area (Å²) in [5.41, 5.74) is -8.23. The maximum absolute atomic E-state index is 14.3. The number of esters is 6. The van der Waals surface area contributed by atoms with Gasteiger partial charge >= 0.3 is 35.8 Å². The van der Waals surface area contributed by atoms with E-state index in [0.717, 1.165) is 20.8 Å². The summed E-state index contributed by atoms with van der Waals surface area (Å²) >= 11 is 0. The summed E-state index contributed by atoms with van der Waals surface area (Å²) in [6.07, 6.45) is -5.62. The molecule has 2 heterocycles. The molecule has 1 saturated heterocycles. The van der Waals surface area contributed by atoms with Crippen LogP contribution >= 0.6 is 0 Å². The van der Waals surface area contributed by atoms with E-state index in [9.17, 15) is 33.9 Å². The van der Waals surface area contributed by atoms with Gasteiger partial charge in [0.05, 0.1) is 34.2 Å². The summed E-state index contributed by atoms with van der Waals surface area (Å²) in [5.74, 6) is -7.00. The lowest BCUT2D eigenvalue weighted by Gasteiger charge is -2.66. The lowest BCUT2D eigenvalue weighted by Crippen LogP contribution is -2.85. The van der Waals surface area contributed by atoms with E-state index in [1.807, 2.05) is 0 Å². The highest BCUT2D eigenvalue weighted by molar-refractivity contribution is 5.90. The van der Waals surface area contributed by atoms with Crippen molar-refractivity contribution in [1.29, 1.82) is 0 Å². The summed E-state index contributed by atoms with van der Waals surface area (Å²) < 4.78 is 43.6. The summed E-state index contributed by atoms with van der Waals surface area (Å²) in [5, 5.41) is 12.9. The van der Waals surface area contributed by atoms with Crippen molar-refractivity contribution in [3.8, 4) is 0 Å². The van der Waals surface area contributed by atoms with Crippen LogP contribution in [0.1, 0.15) is 88.9 Å². The number of carbonyl (C=O) groups is 6. The van der Waals surface area contributed by atoms with Gasteiger partial charge in [0.2, 0.25) is 0 Å². The maximum atomic E-state index is 14.3. The van der Waals surface area contributed by atoms with E-state index < -0.39 is 113 Å². The van der Waals surface area contributed by atoms with Crippen molar-refractivity contribution in [2.24, 2.45) is 17.3 Å². The third-order valence-electron chi connectivity index (χ3n) is 10.8. The number of hydrogen-bond donors (Lipinski definition) is 1. The van der Waals surface area contributed by atoms with Crippen molar-refractivity contribution in [2.75, 3.05) is 6.61 Å². The third-order valence-corrected chi connectivity index (χ3v) is 10.8. The van der Waals surface area contributed by atoms with Gasteiger partial charge in [-0.15, -0.1) is 0 Å². The molecule has 3 fully saturated rings. The zero-order chi connectivity index (χ0) is 39.8. The van der Waals surface area contributed by atoms with E-state index in [1.54, 1.807) is 45.9 Å². The van der Waals surface area contributed by atoms with E-state index in [0.29, 0.717) is 6.42 Å². The zero-order valence-corrected chi connectivity index (χ0v) is 31.6. The van der Waals surface area contributed by atoms with E-state index in [-0.39, 0.29) is 11.1 Å². The topological polar surface area (TPSA) is 200 Å². The summed E-state index contributed by atoms with van der Waals surface area (Å²) in [6, 6.07) is 10.8. The fourth-order valence-electron chi connectivity index (χ4n) is 8.57. The highest BCUT2D eigenvalue weighted by Gasteiger charge is 2.89. The molecule has 3 aliphatic rings. The van der Waals surface area contributed by atoms with Gasteiger partial charge in [-0.25, -0.2) is 9.59 Å². The van der Waals surface area contributed by atoms with Gasteiger partial charge in [0.1, 0.15) is 30.3 Å². The average molecular weight is 754 g/mol. The highest BCUT2D eigenvalue weighted by atomic mass is 16.7. The van der Waals surface area contributed by atoms with Gasteiger partial charge in [-0.05, 0) is 51.5 Å². The van der Waals surface area contributed by atoms with Crippen LogP contribution in [0, 0.1) is 17.3 Å². The van der Waals surface area contributed by atoms with E-state index in [1.165, 1.54) is 43.6 Å². The molecule has 1 spiro atoms. The lowest BCUT2D eigenvalue weighted by molar-refractivity contribution is -0.363. The molecule has 292 valence electrons. The van der Waals surface area contributed by atoms with Gasteiger partial charge in [0.15, 0.2) is 17.8 Å². The molecule has 15 heteroatoms. The molecule has 1 N–H and O–H groups in total. The minimum absolute atomic E-state index is 0.00504. The molecule has 54 heavy (non-hydrogen) atoms. The van der Waals surface area contributed by atoms with Crippen LogP contribution in [0.4, 0.5) is 0 Å². The Morgan fingerprint density at radius 3 is 1.98 bits per heavy atom. The minimum Gasteiger partial charge on any atom is -0.464 e. The zero-order valence-electron chi connectivity index (χ0n) is 31.6. The molecule has 1 aromatic carbocycles. The van der Waals surface area contributed by atoms with Crippen LogP contribution in [-0.4, -0.2) is 99.8 Å². The second-order valence-corrected chi connectivity index (χ2v) is 14.9. The molecule has 0 amide bonds. The third kappa shape index (κ3) is 6.94. The van der Waals surface area contributed by atoms with Gasteiger partial charge in [0, 0.05) is 39.6 Å². The number of nitrogens with zero attached hydrogens (tertiary/aromatic N) is 1. The SMILES string of the molecule is CCC(C)C(=O)OC[C@]12[C@@H](OC(=O)c3ccccc3)[C@H](OC(=O)c3cccnc3)[C@@H]3[C@@H](OC(C)=O)[C@]1(OC3(C)C)[C@@](C)(O)C[C@H](OC(C)=O)[C@@H]2OC(C)=O. The number of pyridine rings is 1. The second kappa shape index (κ2) is 15.1. The molecule has 10 atom stereocenters. The van der Waals surface area contributed by atoms with Gasteiger partial charge < -0.3 is 38.3 Å². The number of fused-ring (bicyclic) bond motifs is 1. The smallest absolute Gasteiger partial charge is 0.340 e. The number of hydrogen-bond acceptors (Lipinski definition) is 15. The van der Waals surface area contributed by atoms with Crippen LogP contribution in [-0.2, 0) is 52.3 Å². The van der Waals surface area contributed by atoms with E-state index >= 15 is 0 Å². The molecule has 2 saturated carbocycles. The average Bonchev–Trinajstić information content (AvgIpc) is 3.31. The van der Waals surface area contributed by atoms with Crippen molar-refractivity contribution in [3.05, 3.63) is 66.0 Å². The Labute approximate surface area is 312 Å². The number of rotatable bonds is 11. The Morgan fingerprint density at radius 2 is 1.41 bits per heavy atom. The molecular formula is C39H47NO14. The molecule has 2 aromatic rings. The number of ether oxygens (including phenoxy) is 7. The minimum atomic E-state index is -2.33. The Hall–Kier alpha value is -4.89. The first-order valence-corrected chi connectivity index (χ1v) is 17.8. The van der Waals surface area contributed by atoms with Crippen molar-refractivity contribution < 1.29 is 67.0 Å². The standard InChI is InChI=1S/C39H47NO14/c1-9-21(2)33(44)48-20-38-30(50-23(4)42)27(49-22(3)41)18-37(8,47)39(38)31(51-24(5)43)28(36(6,7)54-39)29(52-35(46)26-16-13-17-40-19-26)32(38)53-34(45)25-14-11-10-12-15-25/h10-17,19,21,27-32,47H,9,18,20H2,1-8H3/t21?,27-,28+,29+,30-,31+,32-,37-,38-,39-/m0/s1. The fourth-order valence-corrected chi connectivity index (χ4v) is 8.57. The normalized spacial score (nSPS) is 32.5. The van der Waals surface area contributed by atoms with Crippen LogP contribution in [0.5, 0.6) is 0 Å². The summed E-state index contributed by atoms with van der Waals surface area (Å²) in [7, 11) is 0. The molecule has 2 bridgehead atoms. The van der Waals surface area contributed by atoms with Crippen LogP contribution in [0.25, 0.3) is 0 Å². The van der Waals surface area contributed by atoms with Gasteiger partial charge in [-0.3, -0.25) is 24.2 Å².